The normalized spacial score (nSPS) is 22.1. The van der Waals surface area contributed by atoms with Crippen molar-refractivity contribution in [3.8, 4) is 11.6 Å². The van der Waals surface area contributed by atoms with E-state index in [0.717, 1.165) is 60.0 Å². The van der Waals surface area contributed by atoms with E-state index in [4.69, 9.17) is 31.5 Å². The second-order valence-corrected chi connectivity index (χ2v) is 11.8. The smallest absolute Gasteiger partial charge is 0.214 e. The quantitative estimate of drug-likeness (QED) is 0.203. The van der Waals surface area contributed by atoms with Crippen LogP contribution in [0.25, 0.3) is 0 Å². The number of rotatable bonds is 7. The van der Waals surface area contributed by atoms with E-state index in [1.54, 1.807) is 12.1 Å². The maximum absolute atomic E-state index is 11.0. The Morgan fingerprint density at radius 2 is 2.03 bits per heavy atom. The standard InChI is InChI=1S/C32H34ClN2O3P/c1-19-6-4-8-25(33)29(19)30(34)24(31(36)22-9-10-22)18-37-28-12-11-27-26(35-28)17-32(14-15-32)13-5-7-23(21(3)39)16-20(2)38-27/h4-8,11-13,16,22,34,36H,3,9-10,14-15,17-18,39H2,1-2H3/b13-5+,20-16+,23-7+,31-24-,34-30?. The van der Waals surface area contributed by atoms with Crippen molar-refractivity contribution < 1.29 is 14.6 Å². The summed E-state index contributed by atoms with van der Waals surface area (Å²) in [4.78, 5) is 4.85. The first-order chi connectivity index (χ1) is 18.7. The number of aliphatic hydroxyl groups excluding tert-OH is 1. The molecular weight excluding hydrogens is 527 g/mol. The summed E-state index contributed by atoms with van der Waals surface area (Å²) >= 11 is 6.47. The molecule has 2 fully saturated rings. The van der Waals surface area contributed by atoms with Gasteiger partial charge in [0.15, 0.2) is 0 Å². The molecule has 0 amide bonds. The summed E-state index contributed by atoms with van der Waals surface area (Å²) in [5.74, 6) is 2.13. The van der Waals surface area contributed by atoms with Crippen molar-refractivity contribution in [2.24, 2.45) is 11.3 Å². The van der Waals surface area contributed by atoms with E-state index in [1.807, 2.05) is 38.1 Å². The van der Waals surface area contributed by atoms with Gasteiger partial charge < -0.3 is 14.6 Å². The molecule has 2 aliphatic carbocycles. The van der Waals surface area contributed by atoms with E-state index >= 15 is 0 Å². The van der Waals surface area contributed by atoms with Crippen molar-refractivity contribution in [2.45, 2.75) is 46.0 Å². The number of nitrogens with one attached hydrogen (secondary N) is 1. The van der Waals surface area contributed by atoms with Gasteiger partial charge in [-0.2, -0.15) is 0 Å². The van der Waals surface area contributed by atoms with Crippen molar-refractivity contribution in [3.05, 3.63) is 111 Å². The lowest BCUT2D eigenvalue weighted by Gasteiger charge is -2.18. The summed E-state index contributed by atoms with van der Waals surface area (Å²) in [6, 6.07) is 9.21. The van der Waals surface area contributed by atoms with Crippen LogP contribution in [0, 0.1) is 23.7 Å². The van der Waals surface area contributed by atoms with Crippen molar-refractivity contribution in [2.75, 3.05) is 6.61 Å². The van der Waals surface area contributed by atoms with Gasteiger partial charge in [0.2, 0.25) is 5.88 Å². The zero-order valence-electron chi connectivity index (χ0n) is 22.4. The molecule has 39 heavy (non-hydrogen) atoms. The van der Waals surface area contributed by atoms with Crippen LogP contribution < -0.4 is 9.47 Å². The molecule has 0 radical (unpaired) electrons. The van der Waals surface area contributed by atoms with Gasteiger partial charge in [-0.25, -0.2) is 4.98 Å². The number of pyridine rings is 1. The monoisotopic (exact) mass is 560 g/mol. The Hall–Kier alpha value is -3.14. The fourth-order valence-electron chi connectivity index (χ4n) is 4.81. The third-order valence-electron chi connectivity index (χ3n) is 7.46. The van der Waals surface area contributed by atoms with Crippen LogP contribution >= 0.6 is 20.8 Å². The highest BCUT2D eigenvalue weighted by molar-refractivity contribution is 7.23. The number of hydrogen-bond donors (Lipinski definition) is 2. The summed E-state index contributed by atoms with van der Waals surface area (Å²) in [5.41, 5.74) is 3.98. The van der Waals surface area contributed by atoms with Gasteiger partial charge in [-0.15, -0.1) is 9.24 Å². The first-order valence-electron chi connectivity index (χ1n) is 13.3. The van der Waals surface area contributed by atoms with Crippen molar-refractivity contribution in [3.63, 3.8) is 0 Å². The molecule has 1 aromatic heterocycles. The fraction of sp³-hybridized carbons (Fsp3) is 0.312. The number of fused-ring (bicyclic) bond motifs is 1. The second kappa shape index (κ2) is 11.2. The Labute approximate surface area is 237 Å². The van der Waals surface area contributed by atoms with E-state index in [2.05, 4.69) is 34.0 Å². The Balaban J connectivity index is 1.43. The molecular formula is C32H34ClN2O3P. The number of halogens is 1. The Kier molecular flexibility index (Phi) is 7.84. The minimum Gasteiger partial charge on any atom is -0.512 e. The van der Waals surface area contributed by atoms with Gasteiger partial charge in [-0.05, 0) is 79.6 Å². The van der Waals surface area contributed by atoms with Gasteiger partial charge >= 0.3 is 0 Å². The molecule has 1 aromatic carbocycles. The largest absolute Gasteiger partial charge is 0.512 e. The summed E-state index contributed by atoms with van der Waals surface area (Å²) in [6.45, 7) is 7.92. The number of aryl methyl sites for hydroxylation is 1. The predicted octanol–water partition coefficient (Wildman–Crippen LogP) is 8.20. The number of benzene rings is 1. The van der Waals surface area contributed by atoms with Gasteiger partial charge in [-0.1, -0.05) is 48.5 Å². The molecule has 0 bridgehead atoms. The molecule has 2 heterocycles. The van der Waals surface area contributed by atoms with E-state index < -0.39 is 0 Å². The van der Waals surface area contributed by atoms with Gasteiger partial charge in [0.1, 0.15) is 23.9 Å². The summed E-state index contributed by atoms with van der Waals surface area (Å²) in [7, 11) is 2.66. The Morgan fingerprint density at radius 1 is 1.26 bits per heavy atom. The molecule has 1 aliphatic heterocycles. The number of allylic oxidation sites excluding steroid dienone is 8. The number of aromatic nitrogens is 1. The zero-order chi connectivity index (χ0) is 27.7. The van der Waals surface area contributed by atoms with Crippen molar-refractivity contribution >= 4 is 26.6 Å². The molecule has 1 spiro atoms. The topological polar surface area (TPSA) is 75.4 Å². The number of ether oxygens (including phenoxy) is 2. The lowest BCUT2D eigenvalue weighted by molar-refractivity contribution is 0.317. The van der Waals surface area contributed by atoms with E-state index in [0.29, 0.717) is 27.8 Å². The maximum atomic E-state index is 11.0. The molecule has 202 valence electrons. The van der Waals surface area contributed by atoms with E-state index in [1.165, 1.54) is 0 Å². The molecule has 5 rings (SSSR count). The summed E-state index contributed by atoms with van der Waals surface area (Å²) in [6.07, 6.45) is 13.1. The molecule has 1 unspecified atom stereocenters. The van der Waals surface area contributed by atoms with Crippen LogP contribution in [-0.4, -0.2) is 22.4 Å². The van der Waals surface area contributed by atoms with Crippen molar-refractivity contribution in [1.29, 1.82) is 5.41 Å². The van der Waals surface area contributed by atoms with Gasteiger partial charge in [0, 0.05) is 24.0 Å². The average Bonchev–Trinajstić information content (AvgIpc) is 3.81. The average molecular weight is 561 g/mol. The van der Waals surface area contributed by atoms with Gasteiger partial charge in [0.25, 0.3) is 0 Å². The lowest BCUT2D eigenvalue weighted by Crippen LogP contribution is -2.17. The molecule has 1 atom stereocenters. The highest BCUT2D eigenvalue weighted by Gasteiger charge is 2.41. The van der Waals surface area contributed by atoms with E-state index in [9.17, 15) is 5.11 Å². The number of nitrogens with zero attached hydrogens (tertiary/aromatic N) is 1. The molecule has 2 aromatic rings. The SMILES string of the molecule is C=C(P)C1=C/C=C/C2(CC2)Cc2nc(OC/C(C(=N)c3c(C)cccc3Cl)=C(/O)C3CC3)ccc2O\C(C)=C\1. The minimum atomic E-state index is 0.0198. The molecule has 2 N–H and O–H groups in total. The first kappa shape index (κ1) is 27.4. The third kappa shape index (κ3) is 6.37. The Bertz CT molecular complexity index is 1440. The third-order valence-corrected chi connectivity index (χ3v) is 8.10. The summed E-state index contributed by atoms with van der Waals surface area (Å²) < 4.78 is 12.4. The van der Waals surface area contributed by atoms with Crippen LogP contribution in [-0.2, 0) is 6.42 Å². The molecule has 3 aliphatic rings. The van der Waals surface area contributed by atoms with Gasteiger partial charge in [0.05, 0.1) is 22.0 Å². The van der Waals surface area contributed by atoms with Crippen molar-refractivity contribution in [1.82, 2.24) is 4.98 Å². The Morgan fingerprint density at radius 3 is 2.69 bits per heavy atom. The molecule has 0 saturated heterocycles. The first-order valence-corrected chi connectivity index (χ1v) is 14.2. The van der Waals surface area contributed by atoms with Crippen LogP contribution in [0.2, 0.25) is 5.02 Å². The van der Waals surface area contributed by atoms with Crippen LogP contribution in [0.1, 0.15) is 49.4 Å². The molecule has 7 heteroatoms. The highest BCUT2D eigenvalue weighted by atomic mass is 35.5. The molecule has 5 nitrogen and oxygen atoms in total. The molecule has 2 saturated carbocycles. The number of hydrogen-bond acceptors (Lipinski definition) is 5. The maximum Gasteiger partial charge on any atom is 0.214 e. The lowest BCUT2D eigenvalue weighted by atomic mass is 9.96. The second-order valence-electron chi connectivity index (χ2n) is 10.7. The number of aliphatic hydroxyl groups is 1. The van der Waals surface area contributed by atoms with Crippen LogP contribution in [0.5, 0.6) is 11.6 Å². The minimum absolute atomic E-state index is 0.0198. The zero-order valence-corrected chi connectivity index (χ0v) is 24.3. The fourth-order valence-corrected chi connectivity index (χ4v) is 5.31. The highest BCUT2D eigenvalue weighted by Crippen LogP contribution is 2.51. The van der Waals surface area contributed by atoms with E-state index in [-0.39, 0.29) is 29.4 Å². The van der Waals surface area contributed by atoms with Gasteiger partial charge in [-0.3, -0.25) is 5.41 Å². The van der Waals surface area contributed by atoms with Crippen LogP contribution in [0.3, 0.4) is 0 Å². The van der Waals surface area contributed by atoms with Crippen LogP contribution in [0.15, 0.2) is 89.2 Å². The van der Waals surface area contributed by atoms with Crippen LogP contribution in [0.4, 0.5) is 0 Å². The summed E-state index contributed by atoms with van der Waals surface area (Å²) in [5, 5.41) is 21.3. The predicted molar refractivity (Wildman–Crippen MR) is 161 cm³/mol.